The molecule has 2 heteroatoms. The van der Waals surface area contributed by atoms with E-state index in [4.69, 9.17) is 0 Å². The van der Waals surface area contributed by atoms with Crippen LogP contribution in [0.5, 0.6) is 0 Å². The second kappa shape index (κ2) is 4.87. The van der Waals surface area contributed by atoms with Crippen molar-refractivity contribution < 1.29 is 4.57 Å². The van der Waals surface area contributed by atoms with Crippen molar-refractivity contribution in [2.45, 2.75) is 51.1 Å². The molecule has 0 aromatic heterocycles. The number of rotatable bonds is 5. The largest absolute Gasteiger partial charge is 0.341 e. The first-order valence-corrected chi connectivity index (χ1v) is 6.29. The molecule has 0 spiro atoms. The zero-order valence-electron chi connectivity index (χ0n) is 7.38. The van der Waals surface area contributed by atoms with Gasteiger partial charge in [-0.3, -0.25) is 0 Å². The Kier molecular flexibility index (Phi) is 4.07. The first kappa shape index (κ1) is 9.19. The summed E-state index contributed by atoms with van der Waals surface area (Å²) in [5.74, 6) is 0. The number of unbranched alkanes of at least 4 members (excludes halogenated alkanes) is 2. The Hall–Kier alpha value is 0.100. The molecule has 0 aromatic carbocycles. The summed E-state index contributed by atoms with van der Waals surface area (Å²) in [5, 5.41) is 0. The summed E-state index contributed by atoms with van der Waals surface area (Å²) >= 11 is 0. The Labute approximate surface area is 70.4 Å². The van der Waals surface area contributed by atoms with E-state index in [1.807, 2.05) is 0 Å². The van der Waals surface area contributed by atoms with E-state index >= 15 is 0 Å². The molecule has 1 unspecified atom stereocenters. The molecule has 1 aliphatic carbocycles. The smallest absolute Gasteiger partial charge is 0.0745 e. The van der Waals surface area contributed by atoms with E-state index in [-0.39, 0.29) is 0 Å². The van der Waals surface area contributed by atoms with Crippen molar-refractivity contribution in [3.63, 3.8) is 0 Å². The predicted molar refractivity (Wildman–Crippen MR) is 49.6 cm³/mol. The minimum Gasteiger partial charge on any atom is -0.0745 e. The molecule has 11 heavy (non-hydrogen) atoms. The first-order valence-electron chi connectivity index (χ1n) is 4.78. The van der Waals surface area contributed by atoms with Crippen molar-refractivity contribution in [3.05, 3.63) is 0 Å². The van der Waals surface area contributed by atoms with Crippen LogP contribution < -0.4 is 0 Å². The van der Waals surface area contributed by atoms with Gasteiger partial charge in [-0.25, -0.2) is 0 Å². The van der Waals surface area contributed by atoms with Gasteiger partial charge in [-0.1, -0.05) is 17.9 Å². The molecular formula is C9H18OP+. The normalized spacial score (nSPS) is 19.5. The van der Waals surface area contributed by atoms with E-state index in [9.17, 15) is 4.57 Å². The quantitative estimate of drug-likeness (QED) is 0.459. The van der Waals surface area contributed by atoms with Crippen LogP contribution in [0.25, 0.3) is 0 Å². The van der Waals surface area contributed by atoms with E-state index in [2.05, 4.69) is 6.92 Å². The minimum absolute atomic E-state index is 0.613. The SMILES string of the molecule is CCCCC[P+](=O)C1CCC1. The molecule has 0 saturated heterocycles. The Morgan fingerprint density at radius 1 is 1.36 bits per heavy atom. The van der Waals surface area contributed by atoms with Crippen LogP contribution in [0.3, 0.4) is 0 Å². The summed E-state index contributed by atoms with van der Waals surface area (Å²) in [6.07, 6.45) is 8.47. The van der Waals surface area contributed by atoms with Crippen LogP contribution in [0.15, 0.2) is 0 Å². The summed E-state index contributed by atoms with van der Waals surface area (Å²) in [6.45, 7) is 2.19. The third-order valence-electron chi connectivity index (χ3n) is 2.46. The molecule has 1 saturated carbocycles. The van der Waals surface area contributed by atoms with Crippen molar-refractivity contribution >= 4 is 7.80 Å². The van der Waals surface area contributed by atoms with Crippen molar-refractivity contribution in [2.24, 2.45) is 0 Å². The summed E-state index contributed by atoms with van der Waals surface area (Å²) in [5.41, 5.74) is 0.613. The Bertz CT molecular complexity index is 130. The monoisotopic (exact) mass is 173 g/mol. The van der Waals surface area contributed by atoms with Gasteiger partial charge < -0.3 is 0 Å². The van der Waals surface area contributed by atoms with Gasteiger partial charge in [-0.05, 0) is 32.1 Å². The van der Waals surface area contributed by atoms with Crippen LogP contribution >= 0.6 is 7.80 Å². The van der Waals surface area contributed by atoms with Gasteiger partial charge in [-0.15, -0.1) is 0 Å². The fraction of sp³-hybridized carbons (Fsp3) is 1.00. The molecular weight excluding hydrogens is 155 g/mol. The summed E-state index contributed by atoms with van der Waals surface area (Å²) in [6, 6.07) is 0. The number of hydrogen-bond acceptors (Lipinski definition) is 1. The molecule has 0 radical (unpaired) electrons. The molecule has 1 rings (SSSR count). The molecule has 1 aliphatic rings. The summed E-state index contributed by atoms with van der Waals surface area (Å²) in [4.78, 5) is 0. The highest BCUT2D eigenvalue weighted by molar-refractivity contribution is 7.45. The Balaban J connectivity index is 2.01. The maximum atomic E-state index is 11.4. The summed E-state index contributed by atoms with van der Waals surface area (Å²) in [7, 11) is -0.817. The maximum Gasteiger partial charge on any atom is 0.341 e. The van der Waals surface area contributed by atoms with Gasteiger partial charge in [0.15, 0.2) is 5.66 Å². The van der Waals surface area contributed by atoms with Gasteiger partial charge in [0.1, 0.15) is 6.16 Å². The molecule has 0 N–H and O–H groups in total. The highest BCUT2D eigenvalue weighted by Gasteiger charge is 2.34. The van der Waals surface area contributed by atoms with E-state index in [1.165, 1.54) is 38.5 Å². The fourth-order valence-corrected chi connectivity index (χ4v) is 3.22. The fourth-order valence-electron chi connectivity index (χ4n) is 1.37. The van der Waals surface area contributed by atoms with Crippen LogP contribution in [0.1, 0.15) is 45.4 Å². The van der Waals surface area contributed by atoms with E-state index in [0.717, 1.165) is 6.16 Å². The Morgan fingerprint density at radius 2 is 2.09 bits per heavy atom. The van der Waals surface area contributed by atoms with E-state index in [1.54, 1.807) is 0 Å². The zero-order chi connectivity index (χ0) is 8.10. The average Bonchev–Trinajstić information content (AvgIpc) is 1.84. The van der Waals surface area contributed by atoms with Gasteiger partial charge in [0, 0.05) is 0 Å². The van der Waals surface area contributed by atoms with Crippen molar-refractivity contribution in [1.82, 2.24) is 0 Å². The van der Waals surface area contributed by atoms with Gasteiger partial charge >= 0.3 is 7.80 Å². The highest BCUT2D eigenvalue weighted by atomic mass is 31.1. The number of hydrogen-bond donors (Lipinski definition) is 0. The average molecular weight is 173 g/mol. The van der Waals surface area contributed by atoms with Gasteiger partial charge in [0.2, 0.25) is 0 Å². The lowest BCUT2D eigenvalue weighted by molar-refractivity contribution is 0.485. The third kappa shape index (κ3) is 2.91. The van der Waals surface area contributed by atoms with Gasteiger partial charge in [-0.2, -0.15) is 0 Å². The topological polar surface area (TPSA) is 17.1 Å². The molecule has 0 heterocycles. The predicted octanol–water partition coefficient (Wildman–Crippen LogP) is 3.56. The summed E-state index contributed by atoms with van der Waals surface area (Å²) < 4.78 is 11.4. The van der Waals surface area contributed by atoms with Crippen LogP contribution in [0.4, 0.5) is 0 Å². The molecule has 64 valence electrons. The van der Waals surface area contributed by atoms with Crippen LogP contribution in [0.2, 0.25) is 0 Å². The van der Waals surface area contributed by atoms with Crippen molar-refractivity contribution in [2.75, 3.05) is 6.16 Å². The molecule has 0 bridgehead atoms. The standard InChI is InChI=1S/C9H18OP/c1-2-3-4-8-11(10)9-6-5-7-9/h9H,2-8H2,1H3/q+1. The molecule has 0 aromatic rings. The molecule has 1 atom stereocenters. The molecule has 0 amide bonds. The lowest BCUT2D eigenvalue weighted by atomic mass is 10.00. The second-order valence-corrected chi connectivity index (χ2v) is 5.44. The lowest BCUT2D eigenvalue weighted by Gasteiger charge is -2.14. The van der Waals surface area contributed by atoms with Crippen LogP contribution in [-0.2, 0) is 4.57 Å². The van der Waals surface area contributed by atoms with Crippen LogP contribution in [-0.4, -0.2) is 11.8 Å². The first-order chi connectivity index (χ1) is 5.34. The van der Waals surface area contributed by atoms with Gasteiger partial charge in [0.05, 0.1) is 0 Å². The Morgan fingerprint density at radius 3 is 2.55 bits per heavy atom. The minimum atomic E-state index is -0.817. The zero-order valence-corrected chi connectivity index (χ0v) is 8.28. The highest BCUT2D eigenvalue weighted by Crippen LogP contribution is 2.41. The maximum absolute atomic E-state index is 11.4. The molecule has 1 fully saturated rings. The van der Waals surface area contributed by atoms with E-state index < -0.39 is 7.80 Å². The molecule has 1 nitrogen and oxygen atoms in total. The van der Waals surface area contributed by atoms with Gasteiger partial charge in [0.25, 0.3) is 0 Å². The molecule has 0 aliphatic heterocycles. The second-order valence-electron chi connectivity index (χ2n) is 3.43. The van der Waals surface area contributed by atoms with Crippen molar-refractivity contribution in [1.29, 1.82) is 0 Å². The lowest BCUT2D eigenvalue weighted by Crippen LogP contribution is -2.13. The van der Waals surface area contributed by atoms with Crippen LogP contribution in [0, 0.1) is 0 Å². The van der Waals surface area contributed by atoms with Crippen molar-refractivity contribution in [3.8, 4) is 0 Å². The van der Waals surface area contributed by atoms with E-state index in [0.29, 0.717) is 5.66 Å². The third-order valence-corrected chi connectivity index (χ3v) is 4.55.